The van der Waals surface area contributed by atoms with Crippen molar-refractivity contribution in [3.05, 3.63) is 58.6 Å². The monoisotopic (exact) mass is 390 g/mol. The molecule has 6 heteroatoms. The van der Waals surface area contributed by atoms with Crippen LogP contribution in [0.4, 0.5) is 0 Å². The summed E-state index contributed by atoms with van der Waals surface area (Å²) in [6.45, 7) is 4.81. The van der Waals surface area contributed by atoms with Crippen LogP contribution in [0.3, 0.4) is 0 Å². The molecule has 0 heterocycles. The molecule has 2 aromatic carbocycles. The lowest BCUT2D eigenvalue weighted by Gasteiger charge is -2.10. The summed E-state index contributed by atoms with van der Waals surface area (Å²) in [6, 6.07) is 13.2. The molecule has 0 spiro atoms. The van der Waals surface area contributed by atoms with Crippen molar-refractivity contribution in [2.45, 2.75) is 25.2 Å². The lowest BCUT2D eigenvalue weighted by Crippen LogP contribution is -2.20. The molecule has 0 saturated heterocycles. The number of para-hydroxylation sites is 1. The number of carbonyl (C=O) groups is 1. The van der Waals surface area contributed by atoms with Crippen LogP contribution in [-0.4, -0.2) is 25.0 Å². The van der Waals surface area contributed by atoms with Crippen LogP contribution in [0.2, 0.25) is 5.02 Å². The van der Waals surface area contributed by atoms with Gasteiger partial charge < -0.3 is 4.74 Å². The zero-order chi connectivity index (χ0) is 18.9. The minimum Gasteiger partial charge on any atom is -0.493 e. The number of hydrogen-bond donors (Lipinski definition) is 1. The topological polar surface area (TPSA) is 50.7 Å². The quantitative estimate of drug-likeness (QED) is 0.400. The average molecular weight is 391 g/mol. The molecule has 0 radical (unpaired) electrons. The Hall–Kier alpha value is -1.98. The molecule has 0 aliphatic carbocycles. The van der Waals surface area contributed by atoms with Gasteiger partial charge in [-0.25, -0.2) is 5.43 Å². The molecule has 0 aromatic heterocycles. The van der Waals surface area contributed by atoms with Crippen molar-refractivity contribution in [3.8, 4) is 5.75 Å². The molecule has 138 valence electrons. The number of hydrazone groups is 1. The van der Waals surface area contributed by atoms with Gasteiger partial charge in [-0.3, -0.25) is 4.79 Å². The highest BCUT2D eigenvalue weighted by atomic mass is 35.5. The van der Waals surface area contributed by atoms with Crippen LogP contribution in [0.15, 0.2) is 52.5 Å². The number of ether oxygens (including phenoxy) is 1. The van der Waals surface area contributed by atoms with Gasteiger partial charge in [0, 0.05) is 15.5 Å². The second-order valence-electron chi connectivity index (χ2n) is 6.17. The SMILES string of the molecule is CSc1ccc(Cl)cc1CC(=O)N/N=C\c1ccccc1OCC(C)C. The van der Waals surface area contributed by atoms with E-state index in [-0.39, 0.29) is 12.3 Å². The smallest absolute Gasteiger partial charge is 0.244 e. The molecule has 0 saturated carbocycles. The minimum absolute atomic E-state index is 0.195. The standard InChI is InChI=1S/C20H23ClN2O2S/c1-14(2)13-25-18-7-5-4-6-15(18)12-22-23-20(24)11-16-10-17(21)8-9-19(16)26-3/h4-10,12,14H,11,13H2,1-3H3,(H,23,24)/b22-12-. The van der Waals surface area contributed by atoms with Crippen LogP contribution >= 0.6 is 23.4 Å². The predicted octanol–water partition coefficient (Wildman–Crippen LogP) is 4.79. The summed E-state index contributed by atoms with van der Waals surface area (Å²) in [7, 11) is 0. The number of rotatable bonds is 8. The van der Waals surface area contributed by atoms with Crippen LogP contribution in [0.25, 0.3) is 0 Å². The van der Waals surface area contributed by atoms with Gasteiger partial charge in [0.2, 0.25) is 5.91 Å². The van der Waals surface area contributed by atoms with E-state index < -0.39 is 0 Å². The molecule has 2 aromatic rings. The van der Waals surface area contributed by atoms with Gasteiger partial charge in [0.15, 0.2) is 0 Å². The minimum atomic E-state index is -0.195. The molecule has 0 unspecified atom stereocenters. The van der Waals surface area contributed by atoms with Gasteiger partial charge in [0.25, 0.3) is 0 Å². The van der Waals surface area contributed by atoms with Gasteiger partial charge in [-0.1, -0.05) is 37.6 Å². The molecule has 0 aliphatic rings. The molecule has 0 atom stereocenters. The van der Waals surface area contributed by atoms with Crippen LogP contribution in [0.1, 0.15) is 25.0 Å². The summed E-state index contributed by atoms with van der Waals surface area (Å²) in [5, 5.41) is 4.68. The van der Waals surface area contributed by atoms with E-state index in [0.29, 0.717) is 17.5 Å². The molecule has 0 bridgehead atoms. The third kappa shape index (κ3) is 6.39. The average Bonchev–Trinajstić information content (AvgIpc) is 2.61. The maximum atomic E-state index is 12.2. The van der Waals surface area contributed by atoms with E-state index in [1.807, 2.05) is 48.7 Å². The molecule has 1 N–H and O–H groups in total. The van der Waals surface area contributed by atoms with E-state index in [2.05, 4.69) is 24.4 Å². The maximum absolute atomic E-state index is 12.2. The highest BCUT2D eigenvalue weighted by molar-refractivity contribution is 7.98. The van der Waals surface area contributed by atoms with Crippen molar-refractivity contribution in [3.63, 3.8) is 0 Å². The van der Waals surface area contributed by atoms with Crippen molar-refractivity contribution < 1.29 is 9.53 Å². The number of carbonyl (C=O) groups excluding carboxylic acids is 1. The molecule has 4 nitrogen and oxygen atoms in total. The molecule has 2 rings (SSSR count). The van der Waals surface area contributed by atoms with Gasteiger partial charge in [0.1, 0.15) is 5.75 Å². The number of thioether (sulfide) groups is 1. The Balaban J connectivity index is 1.98. The first-order chi connectivity index (χ1) is 12.5. The molecule has 1 amide bonds. The summed E-state index contributed by atoms with van der Waals surface area (Å²) in [6.07, 6.45) is 3.79. The molecule has 0 fully saturated rings. The predicted molar refractivity (Wildman–Crippen MR) is 109 cm³/mol. The first-order valence-electron chi connectivity index (χ1n) is 8.35. The lowest BCUT2D eigenvalue weighted by atomic mass is 10.1. The van der Waals surface area contributed by atoms with Crippen molar-refractivity contribution in [2.24, 2.45) is 11.0 Å². The Labute approximate surface area is 164 Å². The molecular weight excluding hydrogens is 368 g/mol. The number of hydrogen-bond acceptors (Lipinski definition) is 4. The normalized spacial score (nSPS) is 11.1. The van der Waals surface area contributed by atoms with Gasteiger partial charge in [-0.2, -0.15) is 5.10 Å². The van der Waals surface area contributed by atoms with E-state index in [1.54, 1.807) is 18.0 Å². The van der Waals surface area contributed by atoms with Gasteiger partial charge in [0.05, 0.1) is 19.2 Å². The van der Waals surface area contributed by atoms with E-state index in [0.717, 1.165) is 21.8 Å². The van der Waals surface area contributed by atoms with Crippen molar-refractivity contribution in [1.82, 2.24) is 5.43 Å². The fraction of sp³-hybridized carbons (Fsp3) is 0.300. The van der Waals surface area contributed by atoms with E-state index in [4.69, 9.17) is 16.3 Å². The Kier molecular flexibility index (Phi) is 8.01. The third-order valence-electron chi connectivity index (χ3n) is 3.48. The maximum Gasteiger partial charge on any atom is 0.244 e. The summed E-state index contributed by atoms with van der Waals surface area (Å²) in [5.41, 5.74) is 4.27. The number of nitrogens with zero attached hydrogens (tertiary/aromatic N) is 1. The second-order valence-corrected chi connectivity index (χ2v) is 7.45. The summed E-state index contributed by atoms with van der Waals surface area (Å²) >= 11 is 7.61. The second kappa shape index (κ2) is 10.2. The van der Waals surface area contributed by atoms with Crippen molar-refractivity contribution >= 4 is 35.5 Å². The van der Waals surface area contributed by atoms with E-state index >= 15 is 0 Å². The summed E-state index contributed by atoms with van der Waals surface area (Å²) < 4.78 is 5.77. The molecule has 0 aliphatic heterocycles. The first kappa shape index (κ1) is 20.3. The van der Waals surface area contributed by atoms with Gasteiger partial charge in [-0.15, -0.1) is 11.8 Å². The largest absolute Gasteiger partial charge is 0.493 e. The Morgan fingerprint density at radius 3 is 2.81 bits per heavy atom. The molecular formula is C20H23ClN2O2S. The van der Waals surface area contributed by atoms with Crippen molar-refractivity contribution in [2.75, 3.05) is 12.9 Å². The highest BCUT2D eigenvalue weighted by Crippen LogP contribution is 2.24. The van der Waals surface area contributed by atoms with Crippen LogP contribution in [-0.2, 0) is 11.2 Å². The Morgan fingerprint density at radius 2 is 2.08 bits per heavy atom. The van der Waals surface area contributed by atoms with Gasteiger partial charge >= 0.3 is 0 Å². The fourth-order valence-corrected chi connectivity index (χ4v) is 3.04. The number of halogens is 1. The zero-order valence-electron chi connectivity index (χ0n) is 15.2. The first-order valence-corrected chi connectivity index (χ1v) is 9.96. The third-order valence-corrected chi connectivity index (χ3v) is 4.55. The number of benzene rings is 2. The molecule has 26 heavy (non-hydrogen) atoms. The Bertz CT molecular complexity index is 778. The lowest BCUT2D eigenvalue weighted by molar-refractivity contribution is -0.120. The zero-order valence-corrected chi connectivity index (χ0v) is 16.7. The Morgan fingerprint density at radius 1 is 1.31 bits per heavy atom. The van der Waals surface area contributed by atoms with E-state index in [1.165, 1.54) is 0 Å². The van der Waals surface area contributed by atoms with Crippen LogP contribution < -0.4 is 10.2 Å². The summed E-state index contributed by atoms with van der Waals surface area (Å²) in [5.74, 6) is 0.987. The van der Waals surface area contributed by atoms with E-state index in [9.17, 15) is 4.79 Å². The number of nitrogens with one attached hydrogen (secondary N) is 1. The highest BCUT2D eigenvalue weighted by Gasteiger charge is 2.08. The van der Waals surface area contributed by atoms with Crippen LogP contribution in [0.5, 0.6) is 5.75 Å². The fourth-order valence-electron chi connectivity index (χ4n) is 2.25. The van der Waals surface area contributed by atoms with Crippen LogP contribution in [0, 0.1) is 5.92 Å². The number of amides is 1. The van der Waals surface area contributed by atoms with Crippen molar-refractivity contribution in [1.29, 1.82) is 0 Å². The van der Waals surface area contributed by atoms with Gasteiger partial charge in [-0.05, 0) is 48.1 Å². The summed E-state index contributed by atoms with van der Waals surface area (Å²) in [4.78, 5) is 13.2.